The molecule has 1 aliphatic carbocycles. The number of nitrogens with zero attached hydrogens (tertiary/aromatic N) is 5. The lowest BCUT2D eigenvalue weighted by molar-refractivity contribution is -0.0133. The second-order valence-corrected chi connectivity index (χ2v) is 10.5. The second kappa shape index (κ2) is 8.19. The first-order valence-electron chi connectivity index (χ1n) is 12.1. The van der Waals surface area contributed by atoms with E-state index in [1.807, 2.05) is 6.07 Å². The van der Waals surface area contributed by atoms with Crippen LogP contribution < -0.4 is 5.69 Å². The van der Waals surface area contributed by atoms with Gasteiger partial charge in [-0.25, -0.2) is 19.1 Å². The Kier molecular flexibility index (Phi) is 5.42. The lowest BCUT2D eigenvalue weighted by atomic mass is 9.75. The van der Waals surface area contributed by atoms with Crippen LogP contribution in [0, 0.1) is 36.0 Å². The molecule has 5 rings (SSSR count). The maximum Gasteiger partial charge on any atom is 0.410 e. The van der Waals surface area contributed by atoms with Crippen LogP contribution in [0.15, 0.2) is 17.1 Å². The van der Waals surface area contributed by atoms with Crippen molar-refractivity contribution in [2.75, 3.05) is 6.54 Å². The van der Waals surface area contributed by atoms with Crippen molar-refractivity contribution in [2.45, 2.75) is 71.6 Å². The van der Waals surface area contributed by atoms with Crippen LogP contribution in [-0.2, 0) is 4.74 Å². The topological polar surface area (TPSA) is 113 Å². The number of pyridine rings is 1. The highest BCUT2D eigenvalue weighted by atomic mass is 16.6. The summed E-state index contributed by atoms with van der Waals surface area (Å²) in [6.07, 6.45) is 4.61. The smallest absolute Gasteiger partial charge is 0.410 e. The van der Waals surface area contributed by atoms with Crippen LogP contribution in [0.25, 0.3) is 5.69 Å². The second-order valence-electron chi connectivity index (χ2n) is 10.5. The number of aryl methyl sites for hydroxylation is 1. The van der Waals surface area contributed by atoms with Crippen molar-refractivity contribution < 1.29 is 14.6 Å². The highest BCUT2D eigenvalue weighted by molar-refractivity contribution is 5.70. The summed E-state index contributed by atoms with van der Waals surface area (Å²) in [7, 11) is 0. The summed E-state index contributed by atoms with van der Waals surface area (Å²) in [5.74, 6) is 1.12. The molecule has 1 amide bonds. The number of rotatable bonds is 3. The van der Waals surface area contributed by atoms with Crippen LogP contribution in [0.2, 0.25) is 0 Å². The number of aromatic hydroxyl groups is 1. The SMILES string of the molecule is Cc1cc(-n2c(O)c3n(c2=O)[C@H]2C[C@@H]3N(C(=O)O[C@@H]3C[C@H](C)CC[C@H]3C(C)C)C2)cnc1C#N. The Balaban J connectivity index is 1.42. The summed E-state index contributed by atoms with van der Waals surface area (Å²) in [4.78, 5) is 32.3. The van der Waals surface area contributed by atoms with E-state index in [2.05, 4.69) is 25.8 Å². The van der Waals surface area contributed by atoms with Crippen LogP contribution in [0.4, 0.5) is 4.79 Å². The fourth-order valence-electron chi connectivity index (χ4n) is 6.13. The standard InChI is InChI=1S/C25H31N5O4/c1-13(2)18-6-5-14(3)7-21(18)34-25(33)28-12-17-9-20(28)22-23(31)30(24(32)29(17)22)16-8-15(4)19(10-26)27-11-16/h8,11,13-14,17-18,20-21,31H,5-7,9,12H2,1-4H3/t14-,17+,18+,20+,21-/m1/s1. The van der Waals surface area contributed by atoms with Gasteiger partial charge in [0.2, 0.25) is 5.88 Å². The first-order valence-corrected chi connectivity index (χ1v) is 12.1. The third-order valence-electron chi connectivity index (χ3n) is 7.93. The summed E-state index contributed by atoms with van der Waals surface area (Å²) in [5, 5.41) is 20.2. The number of amides is 1. The Labute approximate surface area is 198 Å². The minimum Gasteiger partial charge on any atom is -0.493 e. The fourth-order valence-corrected chi connectivity index (χ4v) is 6.13. The highest BCUT2D eigenvalue weighted by Crippen LogP contribution is 2.49. The van der Waals surface area contributed by atoms with Gasteiger partial charge in [0, 0.05) is 6.54 Å². The Morgan fingerprint density at radius 1 is 1.32 bits per heavy atom. The van der Waals surface area contributed by atoms with E-state index in [1.165, 1.54) is 10.8 Å². The third kappa shape index (κ3) is 3.39. The quantitative estimate of drug-likeness (QED) is 0.737. The van der Waals surface area contributed by atoms with Gasteiger partial charge in [-0.3, -0.25) is 9.47 Å². The number of aromatic nitrogens is 3. The fraction of sp³-hybridized carbons (Fsp3) is 0.600. The molecule has 1 saturated heterocycles. The van der Waals surface area contributed by atoms with Gasteiger partial charge in [-0.1, -0.05) is 27.2 Å². The van der Waals surface area contributed by atoms with Crippen molar-refractivity contribution in [1.29, 1.82) is 5.26 Å². The summed E-state index contributed by atoms with van der Waals surface area (Å²) >= 11 is 0. The molecule has 2 aromatic heterocycles. The van der Waals surface area contributed by atoms with E-state index in [1.54, 1.807) is 22.5 Å². The van der Waals surface area contributed by atoms with Crippen molar-refractivity contribution >= 4 is 6.09 Å². The van der Waals surface area contributed by atoms with Gasteiger partial charge in [-0.05, 0) is 55.6 Å². The number of hydrogen-bond acceptors (Lipinski definition) is 6. The molecule has 4 heterocycles. The zero-order valence-electron chi connectivity index (χ0n) is 20.1. The summed E-state index contributed by atoms with van der Waals surface area (Å²) < 4.78 is 8.87. The Hall–Kier alpha value is -3.28. The molecule has 1 saturated carbocycles. The molecule has 34 heavy (non-hydrogen) atoms. The van der Waals surface area contributed by atoms with Gasteiger partial charge in [0.25, 0.3) is 0 Å². The van der Waals surface area contributed by atoms with Crippen LogP contribution in [0.3, 0.4) is 0 Å². The molecule has 0 unspecified atom stereocenters. The van der Waals surface area contributed by atoms with Crippen molar-refractivity contribution in [3.8, 4) is 17.6 Å². The number of carbonyl (C=O) groups excluding carboxylic acids is 1. The van der Waals surface area contributed by atoms with Gasteiger partial charge < -0.3 is 9.84 Å². The Morgan fingerprint density at radius 3 is 2.76 bits per heavy atom. The van der Waals surface area contributed by atoms with E-state index >= 15 is 0 Å². The highest BCUT2D eigenvalue weighted by Gasteiger charge is 2.50. The molecule has 2 aliphatic heterocycles. The van der Waals surface area contributed by atoms with Crippen molar-refractivity contribution in [3.05, 3.63) is 39.7 Å². The van der Waals surface area contributed by atoms with Crippen LogP contribution in [-0.4, -0.2) is 42.9 Å². The van der Waals surface area contributed by atoms with Gasteiger partial charge in [-0.2, -0.15) is 5.26 Å². The number of likely N-dealkylation sites (tertiary alicyclic amines) is 1. The molecule has 3 aliphatic rings. The first kappa shape index (κ1) is 22.5. The molecular formula is C25H31N5O4. The minimum atomic E-state index is -0.405. The van der Waals surface area contributed by atoms with Gasteiger partial charge in [0.05, 0.1) is 24.0 Å². The minimum absolute atomic E-state index is 0.108. The molecule has 0 spiro atoms. The van der Waals surface area contributed by atoms with Crippen molar-refractivity contribution in [2.24, 2.45) is 17.8 Å². The number of hydrogen-bond donors (Lipinski definition) is 1. The number of ether oxygens (including phenoxy) is 1. The van der Waals surface area contributed by atoms with Gasteiger partial charge in [-0.15, -0.1) is 0 Å². The number of carbonyl (C=O) groups is 1. The van der Waals surface area contributed by atoms with E-state index in [9.17, 15) is 14.7 Å². The molecule has 2 aromatic rings. The van der Waals surface area contributed by atoms with E-state index < -0.39 is 6.04 Å². The summed E-state index contributed by atoms with van der Waals surface area (Å²) in [6, 6.07) is 3.06. The Bertz CT molecular complexity index is 1240. The number of fused-ring (bicyclic) bond motifs is 5. The predicted octanol–water partition coefficient (Wildman–Crippen LogP) is 3.82. The van der Waals surface area contributed by atoms with Crippen LogP contribution >= 0.6 is 0 Å². The van der Waals surface area contributed by atoms with E-state index in [-0.39, 0.29) is 35.5 Å². The number of imidazole rings is 1. The lowest BCUT2D eigenvalue weighted by Crippen LogP contribution is -2.42. The molecule has 2 fully saturated rings. The molecule has 5 atom stereocenters. The number of nitriles is 1. The zero-order valence-corrected chi connectivity index (χ0v) is 20.1. The summed E-state index contributed by atoms with van der Waals surface area (Å²) in [5.41, 5.74) is 1.36. The summed E-state index contributed by atoms with van der Waals surface area (Å²) in [6.45, 7) is 8.68. The normalized spacial score (nSPS) is 27.6. The lowest BCUT2D eigenvalue weighted by Gasteiger charge is -2.38. The largest absolute Gasteiger partial charge is 0.493 e. The van der Waals surface area contributed by atoms with Crippen LogP contribution in [0.1, 0.15) is 75.5 Å². The van der Waals surface area contributed by atoms with Crippen molar-refractivity contribution in [3.63, 3.8) is 0 Å². The molecule has 2 bridgehead atoms. The van der Waals surface area contributed by atoms with Crippen molar-refractivity contribution in [1.82, 2.24) is 19.0 Å². The molecule has 9 nitrogen and oxygen atoms in total. The van der Waals surface area contributed by atoms with Gasteiger partial charge in [0.1, 0.15) is 23.6 Å². The maximum absolute atomic E-state index is 13.3. The van der Waals surface area contributed by atoms with Gasteiger partial charge >= 0.3 is 11.8 Å². The van der Waals surface area contributed by atoms with Crippen LogP contribution in [0.5, 0.6) is 5.88 Å². The van der Waals surface area contributed by atoms with E-state index in [4.69, 9.17) is 10.00 Å². The predicted molar refractivity (Wildman–Crippen MR) is 124 cm³/mol. The zero-order chi connectivity index (χ0) is 24.3. The third-order valence-corrected chi connectivity index (χ3v) is 7.93. The first-order chi connectivity index (χ1) is 16.2. The molecular weight excluding hydrogens is 434 g/mol. The average Bonchev–Trinajstić information content (AvgIpc) is 3.45. The molecule has 0 radical (unpaired) electrons. The molecule has 9 heteroatoms. The average molecular weight is 466 g/mol. The van der Waals surface area contributed by atoms with E-state index in [0.29, 0.717) is 47.7 Å². The Morgan fingerprint density at radius 2 is 2.09 bits per heavy atom. The molecule has 180 valence electrons. The monoisotopic (exact) mass is 465 g/mol. The maximum atomic E-state index is 13.3. The molecule has 0 aromatic carbocycles. The van der Waals surface area contributed by atoms with E-state index in [0.717, 1.165) is 19.3 Å². The van der Waals surface area contributed by atoms with Gasteiger partial charge in [0.15, 0.2) is 0 Å². The molecule has 1 N–H and O–H groups in total.